The summed E-state index contributed by atoms with van der Waals surface area (Å²) in [5, 5.41) is 3.23. The Morgan fingerprint density at radius 2 is 1.91 bits per heavy atom. The van der Waals surface area contributed by atoms with Gasteiger partial charge in [0.1, 0.15) is 11.1 Å². The van der Waals surface area contributed by atoms with E-state index >= 15 is 0 Å². The van der Waals surface area contributed by atoms with Crippen molar-refractivity contribution < 1.29 is 19.1 Å². The SMILES string of the molecule is CN1C(=O)[C@@]23CCCCN2C[C@@]12C[C@@]1(C(=O)Nc4c1ccc1c4OC=CC(C)(C)O1)C(C)(C)C2C3. The topological polar surface area (TPSA) is 71.1 Å². The number of piperidine rings is 3. The lowest BCUT2D eigenvalue weighted by Gasteiger charge is -2.67. The second-order valence-electron chi connectivity index (χ2n) is 12.8. The van der Waals surface area contributed by atoms with Gasteiger partial charge in [-0.05, 0) is 81.5 Å². The van der Waals surface area contributed by atoms with E-state index in [-0.39, 0.29) is 28.7 Å². The highest BCUT2D eigenvalue weighted by Gasteiger charge is 2.79. The van der Waals surface area contributed by atoms with Gasteiger partial charge in [-0.25, -0.2) is 0 Å². The molecule has 7 nitrogen and oxygen atoms in total. The Morgan fingerprint density at radius 3 is 2.71 bits per heavy atom. The van der Waals surface area contributed by atoms with Gasteiger partial charge in [-0.1, -0.05) is 19.9 Å². The number of piperazine rings is 1. The van der Waals surface area contributed by atoms with E-state index in [1.807, 2.05) is 33.0 Å². The largest absolute Gasteiger partial charge is 0.480 e. The van der Waals surface area contributed by atoms with Crippen LogP contribution in [0.5, 0.6) is 11.5 Å². The predicted octanol–water partition coefficient (Wildman–Crippen LogP) is 3.83. The van der Waals surface area contributed by atoms with E-state index in [1.54, 1.807) is 6.26 Å². The molecule has 0 radical (unpaired) electrons. The normalized spacial score (nSPS) is 39.8. The van der Waals surface area contributed by atoms with Crippen molar-refractivity contribution in [1.82, 2.24) is 9.80 Å². The predicted molar refractivity (Wildman–Crippen MR) is 131 cm³/mol. The molecule has 1 N–H and O–H groups in total. The summed E-state index contributed by atoms with van der Waals surface area (Å²) in [5.74, 6) is 1.72. The van der Waals surface area contributed by atoms with Gasteiger partial charge in [0, 0.05) is 13.6 Å². The Hall–Kier alpha value is -2.54. The quantitative estimate of drug-likeness (QED) is 0.615. The Balaban J connectivity index is 1.41. The van der Waals surface area contributed by atoms with Crippen molar-refractivity contribution in [3.05, 3.63) is 30.0 Å². The third kappa shape index (κ3) is 2.28. The van der Waals surface area contributed by atoms with Crippen molar-refractivity contribution in [3.8, 4) is 11.5 Å². The van der Waals surface area contributed by atoms with Crippen molar-refractivity contribution in [1.29, 1.82) is 0 Å². The third-order valence-corrected chi connectivity index (χ3v) is 10.7. The molecule has 35 heavy (non-hydrogen) atoms. The molecule has 5 fully saturated rings. The molecule has 4 saturated heterocycles. The highest BCUT2D eigenvalue weighted by atomic mass is 16.5. The molecule has 4 atom stereocenters. The zero-order valence-electron chi connectivity index (χ0n) is 21.4. The number of carbonyl (C=O) groups is 2. The van der Waals surface area contributed by atoms with Crippen LogP contribution in [-0.4, -0.2) is 58.4 Å². The Kier molecular flexibility index (Phi) is 3.86. The number of benzene rings is 1. The molecule has 0 aromatic heterocycles. The molecular weight excluding hydrogens is 442 g/mol. The summed E-state index contributed by atoms with van der Waals surface area (Å²) in [7, 11) is 1.99. The maximum absolute atomic E-state index is 14.1. The zero-order chi connectivity index (χ0) is 24.6. The molecule has 8 rings (SSSR count). The van der Waals surface area contributed by atoms with E-state index < -0.39 is 16.6 Å². The number of hydrogen-bond donors (Lipinski definition) is 1. The summed E-state index contributed by atoms with van der Waals surface area (Å²) in [6.45, 7) is 10.3. The van der Waals surface area contributed by atoms with E-state index in [0.29, 0.717) is 17.9 Å². The van der Waals surface area contributed by atoms with E-state index in [9.17, 15) is 9.59 Å². The molecule has 1 aromatic rings. The monoisotopic (exact) mass is 477 g/mol. The first-order chi connectivity index (χ1) is 16.5. The van der Waals surface area contributed by atoms with Gasteiger partial charge in [0.25, 0.3) is 0 Å². The average Bonchev–Trinajstić information content (AvgIpc) is 3.12. The van der Waals surface area contributed by atoms with E-state index in [2.05, 4.69) is 35.0 Å². The lowest BCUT2D eigenvalue weighted by Crippen LogP contribution is -2.80. The number of likely N-dealkylation sites (N-methyl/N-ethyl adjacent to an activating group) is 1. The van der Waals surface area contributed by atoms with Gasteiger partial charge in [0.15, 0.2) is 11.5 Å². The molecule has 6 heterocycles. The number of nitrogens with zero attached hydrogens (tertiary/aromatic N) is 2. The van der Waals surface area contributed by atoms with Gasteiger partial charge >= 0.3 is 0 Å². The molecule has 1 saturated carbocycles. The molecule has 2 amide bonds. The first-order valence-electron chi connectivity index (χ1n) is 13.0. The van der Waals surface area contributed by atoms with Crippen molar-refractivity contribution >= 4 is 17.5 Å². The summed E-state index contributed by atoms with van der Waals surface area (Å²) in [6.07, 6.45) is 8.18. The standard InChI is InChI=1S/C28H35N3O4/c1-24(2)11-13-34-21-18(35-24)9-8-17-20(21)29-22(32)28(17)15-27-16-31-12-7-6-10-26(31,23(33)30(27)5)14-19(27)25(28,3)4/h8-9,11,13,19H,6-7,10,12,14-16H2,1-5H3,(H,29,32)/t19?,26-,27+,28+/m0/s1. The number of carbonyl (C=O) groups excluding carboxylic acids is 2. The van der Waals surface area contributed by atoms with Crippen molar-refractivity contribution in [2.24, 2.45) is 11.3 Å². The van der Waals surface area contributed by atoms with Crippen LogP contribution in [0.3, 0.4) is 0 Å². The van der Waals surface area contributed by atoms with Gasteiger partial charge in [0.2, 0.25) is 11.8 Å². The molecule has 1 aliphatic carbocycles. The maximum Gasteiger partial charge on any atom is 0.243 e. The summed E-state index contributed by atoms with van der Waals surface area (Å²) in [6, 6.07) is 4.02. The van der Waals surface area contributed by atoms with Gasteiger partial charge in [-0.2, -0.15) is 0 Å². The smallest absolute Gasteiger partial charge is 0.243 e. The Labute approximate surface area is 206 Å². The number of anilines is 1. The van der Waals surface area contributed by atoms with Crippen LogP contribution in [0.4, 0.5) is 5.69 Å². The van der Waals surface area contributed by atoms with Crippen molar-refractivity contribution in [2.75, 3.05) is 25.5 Å². The van der Waals surface area contributed by atoms with Crippen LogP contribution in [0.25, 0.3) is 0 Å². The minimum atomic E-state index is -0.744. The highest BCUT2D eigenvalue weighted by molar-refractivity contribution is 6.09. The molecule has 6 aliphatic heterocycles. The highest BCUT2D eigenvalue weighted by Crippen LogP contribution is 2.72. The van der Waals surface area contributed by atoms with E-state index in [4.69, 9.17) is 9.47 Å². The summed E-state index contributed by atoms with van der Waals surface area (Å²) < 4.78 is 12.3. The van der Waals surface area contributed by atoms with Gasteiger partial charge < -0.3 is 19.7 Å². The van der Waals surface area contributed by atoms with Gasteiger partial charge in [0.05, 0.1) is 22.9 Å². The second kappa shape index (κ2) is 6.23. The number of fused-ring (bicyclic) bond motifs is 5. The molecule has 186 valence electrons. The van der Waals surface area contributed by atoms with E-state index in [1.165, 1.54) is 0 Å². The third-order valence-electron chi connectivity index (χ3n) is 10.7. The molecule has 2 bridgehead atoms. The minimum Gasteiger partial charge on any atom is -0.480 e. The first-order valence-corrected chi connectivity index (χ1v) is 13.0. The zero-order valence-corrected chi connectivity index (χ0v) is 21.4. The van der Waals surface area contributed by atoms with Crippen LogP contribution >= 0.6 is 0 Å². The fourth-order valence-corrected chi connectivity index (χ4v) is 8.90. The number of nitrogens with one attached hydrogen (secondary N) is 1. The number of ether oxygens (including phenoxy) is 2. The molecule has 1 aromatic carbocycles. The molecular formula is C28H35N3O4. The maximum atomic E-state index is 14.1. The second-order valence-corrected chi connectivity index (χ2v) is 12.8. The minimum absolute atomic E-state index is 0.0190. The summed E-state index contributed by atoms with van der Waals surface area (Å²) in [5.41, 5.74) is -0.657. The molecule has 3 spiro atoms. The van der Waals surface area contributed by atoms with Crippen molar-refractivity contribution in [2.45, 2.75) is 81.9 Å². The number of amides is 2. The lowest BCUT2D eigenvalue weighted by molar-refractivity contribution is -0.196. The van der Waals surface area contributed by atoms with Crippen LogP contribution in [0.2, 0.25) is 0 Å². The van der Waals surface area contributed by atoms with Gasteiger partial charge in [-0.15, -0.1) is 0 Å². The number of hydrogen-bond acceptors (Lipinski definition) is 5. The van der Waals surface area contributed by atoms with Crippen molar-refractivity contribution in [3.63, 3.8) is 0 Å². The van der Waals surface area contributed by atoms with Crippen LogP contribution in [-0.2, 0) is 15.0 Å². The fourth-order valence-electron chi connectivity index (χ4n) is 8.90. The van der Waals surface area contributed by atoms with Gasteiger partial charge in [-0.3, -0.25) is 14.5 Å². The first kappa shape index (κ1) is 21.7. The van der Waals surface area contributed by atoms with Crippen LogP contribution in [0, 0.1) is 11.3 Å². The van der Waals surface area contributed by atoms with Crippen LogP contribution in [0.1, 0.15) is 65.4 Å². The van der Waals surface area contributed by atoms with Crippen LogP contribution in [0.15, 0.2) is 24.5 Å². The fraction of sp³-hybridized carbons (Fsp3) is 0.643. The number of rotatable bonds is 0. The van der Waals surface area contributed by atoms with Crippen LogP contribution < -0.4 is 14.8 Å². The summed E-state index contributed by atoms with van der Waals surface area (Å²) in [4.78, 5) is 32.5. The molecule has 7 aliphatic rings. The molecule has 7 heteroatoms. The average molecular weight is 478 g/mol. The van der Waals surface area contributed by atoms with E-state index in [0.717, 1.165) is 50.0 Å². The lowest BCUT2D eigenvalue weighted by atomic mass is 9.56. The Morgan fingerprint density at radius 1 is 1.11 bits per heavy atom. The summed E-state index contributed by atoms with van der Waals surface area (Å²) >= 11 is 0. The Bertz CT molecular complexity index is 1220. The molecule has 1 unspecified atom stereocenters.